The van der Waals surface area contributed by atoms with E-state index < -0.39 is 6.43 Å². The van der Waals surface area contributed by atoms with E-state index in [0.717, 1.165) is 5.56 Å². The van der Waals surface area contributed by atoms with Gasteiger partial charge in [-0.05, 0) is 41.1 Å². The van der Waals surface area contributed by atoms with Crippen LogP contribution in [-0.2, 0) is 6.61 Å². The molecule has 1 aromatic heterocycles. The third-order valence-electron chi connectivity index (χ3n) is 1.70. The van der Waals surface area contributed by atoms with Crippen LogP contribution < -0.4 is 0 Å². The summed E-state index contributed by atoms with van der Waals surface area (Å²) in [6.07, 6.45) is -2.58. The quantitative estimate of drug-likeness (QED) is 0.851. The summed E-state index contributed by atoms with van der Waals surface area (Å²) >= 11 is 1.95. The average molecular weight is 299 g/mol. The number of pyridine rings is 1. The third kappa shape index (κ3) is 2.34. The van der Waals surface area contributed by atoms with Gasteiger partial charge in [0.25, 0.3) is 6.43 Å². The standard InChI is InChI=1S/C8H8F2INO/c1-4-5(11)2-6(8(9)10)12-7(4)3-13/h2,8,13H,3H2,1H3. The maximum absolute atomic E-state index is 12.2. The molecule has 0 aliphatic carbocycles. The summed E-state index contributed by atoms with van der Waals surface area (Å²) in [6, 6.07) is 1.33. The third-order valence-corrected chi connectivity index (χ3v) is 2.82. The van der Waals surface area contributed by atoms with Gasteiger partial charge in [0.2, 0.25) is 0 Å². The summed E-state index contributed by atoms with van der Waals surface area (Å²) in [5.41, 5.74) is 0.800. The normalized spacial score (nSPS) is 10.9. The summed E-state index contributed by atoms with van der Waals surface area (Å²) in [4.78, 5) is 3.65. The Balaban J connectivity index is 3.22. The van der Waals surface area contributed by atoms with Gasteiger partial charge in [0.15, 0.2) is 0 Å². The second-order valence-corrected chi connectivity index (χ2v) is 3.72. The molecule has 5 heteroatoms. The number of halogens is 3. The fourth-order valence-electron chi connectivity index (χ4n) is 0.914. The Labute approximate surface area is 88.1 Å². The number of hydrogen-bond donors (Lipinski definition) is 1. The molecule has 0 unspecified atom stereocenters. The Morgan fingerprint density at radius 3 is 2.69 bits per heavy atom. The zero-order chi connectivity index (χ0) is 10.0. The monoisotopic (exact) mass is 299 g/mol. The smallest absolute Gasteiger partial charge is 0.280 e. The van der Waals surface area contributed by atoms with Crippen molar-refractivity contribution in [1.82, 2.24) is 4.98 Å². The Morgan fingerprint density at radius 1 is 1.62 bits per heavy atom. The van der Waals surface area contributed by atoms with Gasteiger partial charge >= 0.3 is 0 Å². The summed E-state index contributed by atoms with van der Waals surface area (Å²) in [6.45, 7) is 1.44. The molecule has 2 nitrogen and oxygen atoms in total. The molecule has 0 saturated carbocycles. The van der Waals surface area contributed by atoms with Crippen LogP contribution in [0.4, 0.5) is 8.78 Å². The molecule has 0 fully saturated rings. The summed E-state index contributed by atoms with van der Waals surface area (Å²) < 4.78 is 25.2. The van der Waals surface area contributed by atoms with Crippen molar-refractivity contribution in [2.45, 2.75) is 20.0 Å². The minimum atomic E-state index is -2.58. The van der Waals surface area contributed by atoms with Crippen molar-refractivity contribution in [3.8, 4) is 0 Å². The first-order chi connectivity index (χ1) is 6.06. The molecular formula is C8H8F2INO. The minimum Gasteiger partial charge on any atom is -0.390 e. The van der Waals surface area contributed by atoms with Crippen molar-refractivity contribution in [1.29, 1.82) is 0 Å². The molecular weight excluding hydrogens is 291 g/mol. The van der Waals surface area contributed by atoms with Gasteiger partial charge in [0.1, 0.15) is 5.69 Å². The minimum absolute atomic E-state index is 0.279. The number of aromatic nitrogens is 1. The zero-order valence-corrected chi connectivity index (χ0v) is 9.05. The predicted molar refractivity (Wildman–Crippen MR) is 52.6 cm³/mol. The van der Waals surface area contributed by atoms with Crippen LogP contribution in [0, 0.1) is 10.5 Å². The van der Waals surface area contributed by atoms with Crippen molar-refractivity contribution in [3.63, 3.8) is 0 Å². The lowest BCUT2D eigenvalue weighted by Crippen LogP contribution is -2.01. The van der Waals surface area contributed by atoms with E-state index in [1.54, 1.807) is 6.92 Å². The lowest BCUT2D eigenvalue weighted by atomic mass is 10.2. The number of aliphatic hydroxyl groups excluding tert-OH is 1. The highest BCUT2D eigenvalue weighted by atomic mass is 127. The van der Waals surface area contributed by atoms with Crippen LogP contribution >= 0.6 is 22.6 Å². The first-order valence-corrected chi connectivity index (χ1v) is 4.69. The molecule has 1 rings (SSSR count). The van der Waals surface area contributed by atoms with Crippen LogP contribution in [0.25, 0.3) is 0 Å². The molecule has 1 N–H and O–H groups in total. The molecule has 0 atom stereocenters. The van der Waals surface area contributed by atoms with E-state index in [9.17, 15) is 8.78 Å². The van der Waals surface area contributed by atoms with Crippen molar-refractivity contribution in [3.05, 3.63) is 26.6 Å². The number of hydrogen-bond acceptors (Lipinski definition) is 2. The Bertz CT molecular complexity index is 317. The largest absolute Gasteiger partial charge is 0.390 e. The molecule has 72 valence electrons. The molecule has 0 aliphatic heterocycles. The zero-order valence-electron chi connectivity index (χ0n) is 6.89. The molecule has 0 bridgehead atoms. The van der Waals surface area contributed by atoms with Gasteiger partial charge in [0, 0.05) is 3.57 Å². The van der Waals surface area contributed by atoms with Gasteiger partial charge in [-0.1, -0.05) is 0 Å². The molecule has 13 heavy (non-hydrogen) atoms. The van der Waals surface area contributed by atoms with Gasteiger partial charge in [-0.25, -0.2) is 13.8 Å². The first-order valence-electron chi connectivity index (χ1n) is 3.61. The number of aliphatic hydroxyl groups is 1. The fourth-order valence-corrected chi connectivity index (χ4v) is 1.54. The van der Waals surface area contributed by atoms with E-state index in [-0.39, 0.29) is 12.3 Å². The van der Waals surface area contributed by atoms with E-state index in [0.29, 0.717) is 9.26 Å². The SMILES string of the molecule is Cc1c(I)cc(C(F)F)nc1CO. The fraction of sp³-hybridized carbons (Fsp3) is 0.375. The lowest BCUT2D eigenvalue weighted by Gasteiger charge is -2.07. The van der Waals surface area contributed by atoms with Crippen LogP contribution in [-0.4, -0.2) is 10.1 Å². The molecule has 0 amide bonds. The average Bonchev–Trinajstić information content (AvgIpc) is 2.09. The maximum atomic E-state index is 12.2. The number of alkyl halides is 2. The number of rotatable bonds is 2. The van der Waals surface area contributed by atoms with Crippen molar-refractivity contribution in [2.75, 3.05) is 0 Å². The summed E-state index contributed by atoms with van der Waals surface area (Å²) in [7, 11) is 0. The summed E-state index contributed by atoms with van der Waals surface area (Å²) in [5, 5.41) is 8.84. The molecule has 1 heterocycles. The maximum Gasteiger partial charge on any atom is 0.280 e. The van der Waals surface area contributed by atoms with Crippen molar-refractivity contribution < 1.29 is 13.9 Å². The van der Waals surface area contributed by atoms with Crippen molar-refractivity contribution in [2.24, 2.45) is 0 Å². The van der Waals surface area contributed by atoms with Crippen molar-refractivity contribution >= 4 is 22.6 Å². The van der Waals surface area contributed by atoms with E-state index >= 15 is 0 Å². The molecule has 0 aliphatic rings. The van der Waals surface area contributed by atoms with Crippen LogP contribution in [0.2, 0.25) is 0 Å². The predicted octanol–water partition coefficient (Wildman–Crippen LogP) is 2.42. The van der Waals surface area contributed by atoms with Crippen LogP contribution in [0.1, 0.15) is 23.4 Å². The van der Waals surface area contributed by atoms with Crippen LogP contribution in [0.3, 0.4) is 0 Å². The van der Waals surface area contributed by atoms with Crippen LogP contribution in [0.15, 0.2) is 6.07 Å². The van der Waals surface area contributed by atoms with Gasteiger partial charge in [-0.3, -0.25) is 0 Å². The van der Waals surface area contributed by atoms with Gasteiger partial charge in [-0.15, -0.1) is 0 Å². The van der Waals surface area contributed by atoms with Gasteiger partial charge in [0.05, 0.1) is 12.3 Å². The van der Waals surface area contributed by atoms with Gasteiger partial charge < -0.3 is 5.11 Å². The van der Waals surface area contributed by atoms with Gasteiger partial charge in [-0.2, -0.15) is 0 Å². The first kappa shape index (κ1) is 10.8. The summed E-state index contributed by atoms with van der Waals surface area (Å²) in [5.74, 6) is 0. The topological polar surface area (TPSA) is 33.1 Å². The molecule has 0 radical (unpaired) electrons. The highest BCUT2D eigenvalue weighted by Crippen LogP contribution is 2.22. The Kier molecular flexibility index (Phi) is 3.55. The Morgan fingerprint density at radius 2 is 2.23 bits per heavy atom. The molecule has 1 aromatic rings. The highest BCUT2D eigenvalue weighted by Gasteiger charge is 2.13. The second kappa shape index (κ2) is 4.28. The van der Waals surface area contributed by atoms with E-state index in [1.807, 2.05) is 22.6 Å². The second-order valence-electron chi connectivity index (χ2n) is 2.56. The van der Waals surface area contributed by atoms with E-state index in [1.165, 1.54) is 6.07 Å². The van der Waals surface area contributed by atoms with E-state index in [4.69, 9.17) is 5.11 Å². The lowest BCUT2D eigenvalue weighted by molar-refractivity contribution is 0.145. The Hall–Kier alpha value is -0.300. The molecule has 0 aromatic carbocycles. The molecule has 0 spiro atoms. The van der Waals surface area contributed by atoms with E-state index in [2.05, 4.69) is 4.98 Å². The molecule has 0 saturated heterocycles. The highest BCUT2D eigenvalue weighted by molar-refractivity contribution is 14.1. The number of nitrogens with zero attached hydrogens (tertiary/aromatic N) is 1. The van der Waals surface area contributed by atoms with Crippen LogP contribution in [0.5, 0.6) is 0 Å².